The minimum Gasteiger partial charge on any atom is -0.475 e. The van der Waals surface area contributed by atoms with Gasteiger partial charge < -0.3 is 10.0 Å². The summed E-state index contributed by atoms with van der Waals surface area (Å²) in [6, 6.07) is 11.4. The summed E-state index contributed by atoms with van der Waals surface area (Å²) in [6.45, 7) is 0.210. The predicted octanol–water partition coefficient (Wildman–Crippen LogP) is 1.24. The third-order valence-corrected chi connectivity index (χ3v) is 7.14. The third kappa shape index (κ3) is 7.81. The normalized spacial score (nSPS) is 18.4. The Hall–Kier alpha value is -2.88. The number of fused-ring (bicyclic) bond motifs is 1. The van der Waals surface area contributed by atoms with Gasteiger partial charge in [-0.15, -0.1) is 0 Å². The van der Waals surface area contributed by atoms with Gasteiger partial charge in [0.15, 0.2) is 0 Å². The number of nitrogens with one attached hydrogen (secondary N) is 2. The molecule has 1 aliphatic rings. The Morgan fingerprint density at radius 3 is 2.25 bits per heavy atom. The molecule has 0 aliphatic carbocycles. The van der Waals surface area contributed by atoms with Crippen LogP contribution in [0.3, 0.4) is 0 Å². The van der Waals surface area contributed by atoms with E-state index in [9.17, 15) is 31.2 Å². The lowest BCUT2D eigenvalue weighted by atomic mass is 10.1. The maximum Gasteiger partial charge on any atom is 0.490 e. The second-order valence-electron chi connectivity index (χ2n) is 8.07. The Bertz CT molecular complexity index is 1220. The summed E-state index contributed by atoms with van der Waals surface area (Å²) >= 11 is 4.38. The standard InChI is InChI=1S/C19H24N4O4S2.C2HF3O2/c1-22(2)12-18(24)20-21-19(25)17-10-15(28)11-23(17)29(26,27)16-8-7-13-5-3-4-6-14(13)9-16;3-2(4,5)1(6)7/h3-9,15,17,28H,10-12H2,1-2H3,(H,20,24)(H,21,25);(H,6,7)/t15-,17+;/m1./s1. The van der Waals surface area contributed by atoms with Crippen molar-refractivity contribution in [1.29, 1.82) is 0 Å². The number of carbonyl (C=O) groups excluding carboxylic acids is 2. The van der Waals surface area contributed by atoms with Crippen LogP contribution >= 0.6 is 12.6 Å². The van der Waals surface area contributed by atoms with Crippen LogP contribution in [-0.2, 0) is 24.4 Å². The summed E-state index contributed by atoms with van der Waals surface area (Å²) in [5.41, 5.74) is 4.64. The second-order valence-corrected chi connectivity index (χ2v) is 10.7. The van der Waals surface area contributed by atoms with Crippen molar-refractivity contribution >= 4 is 51.2 Å². The van der Waals surface area contributed by atoms with Gasteiger partial charge in [0.1, 0.15) is 6.04 Å². The number of thiol groups is 1. The van der Waals surface area contributed by atoms with Gasteiger partial charge in [0, 0.05) is 11.8 Å². The minimum atomic E-state index is -5.08. The summed E-state index contributed by atoms with van der Waals surface area (Å²) in [5, 5.41) is 8.57. The maximum atomic E-state index is 13.2. The maximum absolute atomic E-state index is 13.2. The van der Waals surface area contributed by atoms with E-state index in [1.54, 1.807) is 31.1 Å². The molecule has 0 saturated carbocycles. The average Bonchev–Trinajstić information content (AvgIpc) is 3.19. The van der Waals surface area contributed by atoms with Gasteiger partial charge in [-0.25, -0.2) is 13.2 Å². The first kappa shape index (κ1) is 29.4. The number of hydrogen-bond acceptors (Lipinski definition) is 7. The molecule has 36 heavy (non-hydrogen) atoms. The Balaban J connectivity index is 0.000000572. The van der Waals surface area contributed by atoms with Gasteiger partial charge in [0.25, 0.3) is 11.8 Å². The largest absolute Gasteiger partial charge is 0.490 e. The van der Waals surface area contributed by atoms with Crippen molar-refractivity contribution < 1.29 is 41.1 Å². The highest BCUT2D eigenvalue weighted by Crippen LogP contribution is 2.30. The zero-order chi connectivity index (χ0) is 27.3. The fraction of sp³-hybridized carbons (Fsp3) is 0.381. The molecular formula is C21H25F3N4O6S2. The van der Waals surface area contributed by atoms with Crippen LogP contribution < -0.4 is 10.9 Å². The molecule has 2 aromatic rings. The first-order valence-corrected chi connectivity index (χ1v) is 12.3. The molecule has 198 valence electrons. The number of nitrogens with zero attached hydrogens (tertiary/aromatic N) is 2. The van der Waals surface area contributed by atoms with E-state index in [1.165, 1.54) is 6.07 Å². The Morgan fingerprint density at radius 1 is 1.11 bits per heavy atom. The highest BCUT2D eigenvalue weighted by molar-refractivity contribution is 7.89. The van der Waals surface area contributed by atoms with E-state index in [0.29, 0.717) is 0 Å². The number of benzene rings is 2. The molecule has 10 nitrogen and oxygen atoms in total. The number of carboxylic acids is 1. The minimum absolute atomic E-state index is 0.0965. The van der Waals surface area contributed by atoms with Crippen LogP contribution in [0.5, 0.6) is 0 Å². The van der Waals surface area contributed by atoms with Crippen molar-refractivity contribution in [3.8, 4) is 0 Å². The van der Waals surface area contributed by atoms with Gasteiger partial charge in [-0.3, -0.25) is 20.4 Å². The van der Waals surface area contributed by atoms with Gasteiger partial charge >= 0.3 is 12.1 Å². The van der Waals surface area contributed by atoms with E-state index in [0.717, 1.165) is 15.1 Å². The molecule has 3 rings (SSSR count). The second kappa shape index (κ2) is 11.9. The SMILES string of the molecule is CN(C)CC(=O)NNC(=O)[C@@H]1C[C@@H](S)CN1S(=O)(=O)c1ccc2ccccc2c1.O=C(O)C(F)(F)F. The molecule has 0 spiro atoms. The number of carboxylic acid groups (broad SMARTS) is 1. The van der Waals surface area contributed by atoms with Crippen LogP contribution in [0.15, 0.2) is 47.4 Å². The van der Waals surface area contributed by atoms with Gasteiger partial charge in [0.2, 0.25) is 10.0 Å². The van der Waals surface area contributed by atoms with Crippen LogP contribution in [0.1, 0.15) is 6.42 Å². The van der Waals surface area contributed by atoms with Crippen molar-refractivity contribution in [2.24, 2.45) is 0 Å². The van der Waals surface area contributed by atoms with Crippen molar-refractivity contribution in [2.45, 2.75) is 28.8 Å². The fourth-order valence-electron chi connectivity index (χ4n) is 3.29. The molecule has 3 N–H and O–H groups in total. The molecule has 1 saturated heterocycles. The molecule has 1 aliphatic heterocycles. The van der Waals surface area contributed by atoms with Gasteiger partial charge in [0.05, 0.1) is 11.4 Å². The number of sulfonamides is 1. The monoisotopic (exact) mass is 550 g/mol. The topological polar surface area (TPSA) is 136 Å². The predicted molar refractivity (Wildman–Crippen MR) is 128 cm³/mol. The molecular weight excluding hydrogens is 525 g/mol. The van der Waals surface area contributed by atoms with E-state index in [-0.39, 0.29) is 29.7 Å². The van der Waals surface area contributed by atoms with E-state index < -0.39 is 40.0 Å². The highest BCUT2D eigenvalue weighted by atomic mass is 32.2. The molecule has 1 fully saturated rings. The summed E-state index contributed by atoms with van der Waals surface area (Å²) < 4.78 is 59.4. The Kier molecular flexibility index (Phi) is 9.70. The highest BCUT2D eigenvalue weighted by Gasteiger charge is 2.43. The number of alkyl halides is 3. The van der Waals surface area contributed by atoms with Crippen LogP contribution in [0.25, 0.3) is 10.8 Å². The van der Waals surface area contributed by atoms with Crippen molar-refractivity contribution in [2.75, 3.05) is 27.2 Å². The van der Waals surface area contributed by atoms with Gasteiger partial charge in [-0.2, -0.15) is 30.1 Å². The van der Waals surface area contributed by atoms with Gasteiger partial charge in [-0.05, 0) is 43.4 Å². The van der Waals surface area contributed by atoms with E-state index in [1.807, 2.05) is 24.3 Å². The molecule has 2 aromatic carbocycles. The summed E-state index contributed by atoms with van der Waals surface area (Å²) in [7, 11) is -0.464. The summed E-state index contributed by atoms with van der Waals surface area (Å²) in [4.78, 5) is 35.0. The van der Waals surface area contributed by atoms with Gasteiger partial charge in [-0.1, -0.05) is 30.3 Å². The molecule has 0 bridgehead atoms. The molecule has 1 heterocycles. The Morgan fingerprint density at radius 2 is 1.69 bits per heavy atom. The number of hydrogen-bond donors (Lipinski definition) is 4. The molecule has 0 unspecified atom stereocenters. The lowest BCUT2D eigenvalue weighted by molar-refractivity contribution is -0.192. The van der Waals surface area contributed by atoms with Crippen molar-refractivity contribution in [1.82, 2.24) is 20.1 Å². The number of aliphatic carboxylic acids is 1. The van der Waals surface area contributed by atoms with Crippen molar-refractivity contribution in [3.05, 3.63) is 42.5 Å². The van der Waals surface area contributed by atoms with E-state index in [4.69, 9.17) is 9.90 Å². The lowest BCUT2D eigenvalue weighted by Crippen LogP contribution is -2.52. The van der Waals surface area contributed by atoms with E-state index in [2.05, 4.69) is 23.5 Å². The quantitative estimate of drug-likeness (QED) is 0.325. The van der Waals surface area contributed by atoms with Crippen LogP contribution in [0.4, 0.5) is 13.2 Å². The zero-order valence-corrected chi connectivity index (χ0v) is 20.9. The Labute approximate surface area is 210 Å². The van der Waals surface area contributed by atoms with Crippen LogP contribution in [-0.4, -0.2) is 85.2 Å². The van der Waals surface area contributed by atoms with Crippen molar-refractivity contribution in [3.63, 3.8) is 0 Å². The smallest absolute Gasteiger partial charge is 0.475 e. The average molecular weight is 551 g/mol. The molecule has 2 amide bonds. The zero-order valence-electron chi connectivity index (χ0n) is 19.2. The molecule has 15 heteroatoms. The van der Waals surface area contributed by atoms with Crippen LogP contribution in [0, 0.1) is 0 Å². The molecule has 0 radical (unpaired) electrons. The number of carbonyl (C=O) groups is 3. The number of hydrazine groups is 1. The van der Waals surface area contributed by atoms with E-state index >= 15 is 0 Å². The third-order valence-electron chi connectivity index (χ3n) is 4.89. The number of likely N-dealkylation sites (N-methyl/N-ethyl adjacent to an activating group) is 1. The summed E-state index contributed by atoms with van der Waals surface area (Å²) in [5.74, 6) is -3.74. The first-order valence-electron chi connectivity index (χ1n) is 10.3. The van der Waals surface area contributed by atoms with Crippen LogP contribution in [0.2, 0.25) is 0 Å². The molecule has 2 atom stereocenters. The number of halogens is 3. The first-order chi connectivity index (χ1) is 16.6. The number of rotatable bonds is 5. The number of amides is 2. The molecule has 0 aromatic heterocycles. The lowest BCUT2D eigenvalue weighted by Gasteiger charge is -2.23. The fourth-order valence-corrected chi connectivity index (χ4v) is 5.46. The summed E-state index contributed by atoms with van der Waals surface area (Å²) in [6.07, 6.45) is -4.83.